The lowest BCUT2D eigenvalue weighted by Crippen LogP contribution is -2.09. The predicted octanol–water partition coefficient (Wildman–Crippen LogP) is 3.73. The number of thiophene rings is 1. The smallest absolute Gasteiger partial charge is 0.260 e. The summed E-state index contributed by atoms with van der Waals surface area (Å²) in [5, 5.41) is 2.50. The minimum atomic E-state index is -0.181. The van der Waals surface area contributed by atoms with Gasteiger partial charge in [0.15, 0.2) is 11.5 Å². The fourth-order valence-electron chi connectivity index (χ4n) is 2.80. The van der Waals surface area contributed by atoms with Crippen molar-refractivity contribution >= 4 is 21.6 Å². The van der Waals surface area contributed by atoms with Crippen molar-refractivity contribution in [3.05, 3.63) is 58.5 Å². The average molecular weight is 365 g/mol. The number of aromatic nitrogens is 3. The fraction of sp³-hybridized carbons (Fsp3) is 0.105. The highest BCUT2D eigenvalue weighted by molar-refractivity contribution is 7.17. The average Bonchev–Trinajstić information content (AvgIpc) is 3.12. The quantitative estimate of drug-likeness (QED) is 0.596. The molecule has 1 aromatic carbocycles. The first kappa shape index (κ1) is 16.3. The summed E-state index contributed by atoms with van der Waals surface area (Å²) >= 11 is 1.43. The van der Waals surface area contributed by atoms with Crippen molar-refractivity contribution in [1.29, 1.82) is 0 Å². The number of aromatic amines is 1. The van der Waals surface area contributed by atoms with E-state index in [0.717, 1.165) is 16.7 Å². The first-order chi connectivity index (χ1) is 12.7. The highest BCUT2D eigenvalue weighted by atomic mass is 32.1. The number of H-pyrrole nitrogens is 1. The molecule has 1 N–H and O–H groups in total. The van der Waals surface area contributed by atoms with Gasteiger partial charge in [-0.15, -0.1) is 11.3 Å². The van der Waals surface area contributed by atoms with Crippen molar-refractivity contribution in [1.82, 2.24) is 15.0 Å². The van der Waals surface area contributed by atoms with Gasteiger partial charge in [0, 0.05) is 28.9 Å². The summed E-state index contributed by atoms with van der Waals surface area (Å²) in [6, 6.07) is 9.25. The van der Waals surface area contributed by atoms with Gasteiger partial charge in [-0.25, -0.2) is 4.98 Å². The van der Waals surface area contributed by atoms with Crippen LogP contribution in [0, 0.1) is 0 Å². The van der Waals surface area contributed by atoms with Crippen molar-refractivity contribution in [3.63, 3.8) is 0 Å². The van der Waals surface area contributed by atoms with Crippen molar-refractivity contribution in [2.75, 3.05) is 14.2 Å². The molecule has 0 atom stereocenters. The Morgan fingerprint density at radius 2 is 1.92 bits per heavy atom. The zero-order valence-corrected chi connectivity index (χ0v) is 15.0. The van der Waals surface area contributed by atoms with E-state index < -0.39 is 0 Å². The Bertz CT molecular complexity index is 1140. The van der Waals surface area contributed by atoms with Gasteiger partial charge in [-0.1, -0.05) is 6.07 Å². The van der Waals surface area contributed by atoms with E-state index in [0.29, 0.717) is 27.5 Å². The van der Waals surface area contributed by atoms with Crippen LogP contribution in [0.15, 0.2) is 52.9 Å². The normalized spacial score (nSPS) is 10.8. The summed E-state index contributed by atoms with van der Waals surface area (Å²) in [6.45, 7) is 0. The highest BCUT2D eigenvalue weighted by Crippen LogP contribution is 2.36. The van der Waals surface area contributed by atoms with Gasteiger partial charge in [0.1, 0.15) is 10.7 Å². The minimum absolute atomic E-state index is 0.181. The van der Waals surface area contributed by atoms with E-state index in [4.69, 9.17) is 9.47 Å². The number of pyridine rings is 1. The van der Waals surface area contributed by atoms with Crippen LogP contribution >= 0.6 is 11.3 Å². The van der Waals surface area contributed by atoms with Gasteiger partial charge in [-0.2, -0.15) is 0 Å². The summed E-state index contributed by atoms with van der Waals surface area (Å²) in [5.74, 6) is 1.76. The number of nitrogens with zero attached hydrogens (tertiary/aromatic N) is 2. The summed E-state index contributed by atoms with van der Waals surface area (Å²) < 4.78 is 10.6. The molecule has 0 aliphatic heterocycles. The van der Waals surface area contributed by atoms with Crippen molar-refractivity contribution in [2.45, 2.75) is 0 Å². The number of ether oxygens (including phenoxy) is 2. The molecule has 0 aliphatic rings. The third-order valence-electron chi connectivity index (χ3n) is 4.07. The van der Waals surface area contributed by atoms with Gasteiger partial charge in [0.05, 0.1) is 19.6 Å². The molecule has 6 nitrogen and oxygen atoms in total. The molecule has 3 aromatic heterocycles. The summed E-state index contributed by atoms with van der Waals surface area (Å²) in [7, 11) is 3.17. The number of fused-ring (bicyclic) bond motifs is 1. The molecular weight excluding hydrogens is 350 g/mol. The molecule has 0 saturated carbocycles. The second-order valence-corrected chi connectivity index (χ2v) is 6.41. The SMILES string of the molecule is COc1ccc(-c2csc3nc(-c4cccnc4)[nH]c(=O)c23)cc1OC. The molecule has 26 heavy (non-hydrogen) atoms. The van der Waals surface area contributed by atoms with Gasteiger partial charge in [-0.05, 0) is 29.8 Å². The number of hydrogen-bond donors (Lipinski definition) is 1. The highest BCUT2D eigenvalue weighted by Gasteiger charge is 2.15. The van der Waals surface area contributed by atoms with Gasteiger partial charge in [0.25, 0.3) is 5.56 Å². The van der Waals surface area contributed by atoms with E-state index in [-0.39, 0.29) is 5.56 Å². The van der Waals surface area contributed by atoms with Crippen LogP contribution in [0.5, 0.6) is 11.5 Å². The summed E-state index contributed by atoms with van der Waals surface area (Å²) in [5.41, 5.74) is 2.28. The van der Waals surface area contributed by atoms with E-state index in [2.05, 4.69) is 15.0 Å². The first-order valence-electron chi connectivity index (χ1n) is 7.85. The molecule has 0 amide bonds. The van der Waals surface area contributed by atoms with Crippen molar-refractivity contribution < 1.29 is 9.47 Å². The van der Waals surface area contributed by atoms with E-state index in [1.54, 1.807) is 26.6 Å². The largest absolute Gasteiger partial charge is 0.493 e. The lowest BCUT2D eigenvalue weighted by molar-refractivity contribution is 0.355. The van der Waals surface area contributed by atoms with Gasteiger partial charge >= 0.3 is 0 Å². The van der Waals surface area contributed by atoms with Crippen molar-refractivity contribution in [2.24, 2.45) is 0 Å². The van der Waals surface area contributed by atoms with E-state index in [1.807, 2.05) is 35.7 Å². The van der Waals surface area contributed by atoms with Crippen LogP contribution in [-0.2, 0) is 0 Å². The van der Waals surface area contributed by atoms with Gasteiger partial charge in [-0.3, -0.25) is 9.78 Å². The van der Waals surface area contributed by atoms with Crippen LogP contribution in [0.2, 0.25) is 0 Å². The Morgan fingerprint density at radius 1 is 1.08 bits per heavy atom. The molecule has 130 valence electrons. The summed E-state index contributed by atoms with van der Waals surface area (Å²) in [6.07, 6.45) is 3.35. The number of benzene rings is 1. The Balaban J connectivity index is 1.87. The lowest BCUT2D eigenvalue weighted by Gasteiger charge is -2.09. The number of nitrogens with one attached hydrogen (secondary N) is 1. The first-order valence-corrected chi connectivity index (χ1v) is 8.73. The molecule has 0 radical (unpaired) electrons. The Hall–Kier alpha value is -3.19. The summed E-state index contributed by atoms with van der Waals surface area (Å²) in [4.78, 5) is 24.9. The molecular formula is C19H15N3O3S. The molecule has 4 rings (SSSR count). The molecule has 4 aromatic rings. The van der Waals surface area contributed by atoms with E-state index in [1.165, 1.54) is 11.3 Å². The molecule has 0 aliphatic carbocycles. The van der Waals surface area contributed by atoms with Crippen LogP contribution in [0.3, 0.4) is 0 Å². The standard InChI is InChI=1S/C19H15N3O3S/c1-24-14-6-5-11(8-15(14)25-2)13-10-26-19-16(13)18(23)21-17(22-19)12-4-3-7-20-9-12/h3-10H,1-2H3,(H,21,22,23). The third kappa shape index (κ3) is 2.72. The topological polar surface area (TPSA) is 77.1 Å². The number of hydrogen-bond acceptors (Lipinski definition) is 6. The monoisotopic (exact) mass is 365 g/mol. The second kappa shape index (κ2) is 6.61. The molecule has 0 spiro atoms. The second-order valence-electron chi connectivity index (χ2n) is 5.56. The minimum Gasteiger partial charge on any atom is -0.493 e. The van der Waals surface area contributed by atoms with E-state index in [9.17, 15) is 4.79 Å². The fourth-order valence-corrected chi connectivity index (χ4v) is 3.75. The molecule has 3 heterocycles. The maximum absolute atomic E-state index is 12.7. The Labute approximate surface area is 153 Å². The van der Waals surface area contributed by atoms with Gasteiger partial charge in [0.2, 0.25) is 0 Å². The zero-order valence-electron chi connectivity index (χ0n) is 14.1. The van der Waals surface area contributed by atoms with E-state index >= 15 is 0 Å². The lowest BCUT2D eigenvalue weighted by atomic mass is 10.1. The molecule has 0 fully saturated rings. The van der Waals surface area contributed by atoms with Gasteiger partial charge < -0.3 is 14.5 Å². The van der Waals surface area contributed by atoms with Crippen molar-refractivity contribution in [3.8, 4) is 34.0 Å². The Morgan fingerprint density at radius 3 is 2.65 bits per heavy atom. The van der Waals surface area contributed by atoms with Crippen LogP contribution in [0.4, 0.5) is 0 Å². The van der Waals surface area contributed by atoms with Crippen LogP contribution in [0.1, 0.15) is 0 Å². The number of methoxy groups -OCH3 is 2. The molecule has 0 saturated heterocycles. The molecule has 7 heteroatoms. The molecule has 0 bridgehead atoms. The number of rotatable bonds is 4. The van der Waals surface area contributed by atoms with Crippen LogP contribution in [-0.4, -0.2) is 29.2 Å². The zero-order chi connectivity index (χ0) is 18.1. The predicted molar refractivity (Wildman–Crippen MR) is 102 cm³/mol. The maximum Gasteiger partial charge on any atom is 0.260 e. The van der Waals surface area contributed by atoms with Crippen LogP contribution in [0.25, 0.3) is 32.7 Å². The third-order valence-corrected chi connectivity index (χ3v) is 4.95. The van der Waals surface area contributed by atoms with Crippen LogP contribution < -0.4 is 15.0 Å². The Kier molecular flexibility index (Phi) is 4.14. The maximum atomic E-state index is 12.7. The molecule has 0 unspecified atom stereocenters.